The molecule has 0 saturated carbocycles. The molecule has 4 fully saturated rings. The Hall–Kier alpha value is -1.59. The number of amides is 1. The molecule has 2 N–H and O–H groups in total. The normalized spacial score (nSPS) is 36.3. The lowest BCUT2D eigenvalue weighted by Gasteiger charge is -2.41. The number of likely N-dealkylation sites (N-methyl/N-ethyl adjacent to an activating group) is 1. The number of carbonyl (C=O) groups excluding carboxylic acids is 3. The first-order valence-electron chi connectivity index (χ1n) is 18.0. The van der Waals surface area contributed by atoms with Crippen molar-refractivity contribution < 1.29 is 34.1 Å². The molecule has 4 heterocycles. The topological polar surface area (TPSA) is 120 Å². The predicted molar refractivity (Wildman–Crippen MR) is 179 cm³/mol. The molecule has 4 rings (SSSR count). The monoisotopic (exact) mass is 651 g/mol. The second kappa shape index (κ2) is 17.2. The molecule has 7 atom stereocenters. The lowest BCUT2D eigenvalue weighted by molar-refractivity contribution is -0.169. The third kappa shape index (κ3) is 11.5. The van der Waals surface area contributed by atoms with Crippen LogP contribution in [-0.2, 0) is 23.9 Å². The lowest BCUT2D eigenvalue weighted by Crippen LogP contribution is -2.51. The Morgan fingerprint density at radius 3 is 2.15 bits per heavy atom. The number of cyclic esters (lactones) is 1. The number of esters is 1. The summed E-state index contributed by atoms with van der Waals surface area (Å²) in [6.45, 7) is 18.3. The first kappa shape index (κ1) is 38.9. The maximum atomic E-state index is 13.2. The minimum absolute atomic E-state index is 0.0222. The zero-order chi connectivity index (χ0) is 34.2. The molecule has 0 aromatic heterocycles. The van der Waals surface area contributed by atoms with Crippen LogP contribution in [0.5, 0.6) is 0 Å². The van der Waals surface area contributed by atoms with Gasteiger partial charge in [0.1, 0.15) is 12.0 Å². The van der Waals surface area contributed by atoms with E-state index >= 15 is 0 Å². The van der Waals surface area contributed by atoms with Gasteiger partial charge in [-0.3, -0.25) is 24.2 Å². The van der Waals surface area contributed by atoms with Crippen molar-refractivity contribution in [2.75, 3.05) is 52.9 Å². The van der Waals surface area contributed by atoms with Crippen LogP contribution >= 0.6 is 0 Å². The highest BCUT2D eigenvalue weighted by molar-refractivity contribution is 6.03. The summed E-state index contributed by atoms with van der Waals surface area (Å²) < 4.78 is 11.0. The van der Waals surface area contributed by atoms with E-state index in [1.165, 1.54) is 12.8 Å². The van der Waals surface area contributed by atoms with Gasteiger partial charge in [0.15, 0.2) is 12.1 Å². The quantitative estimate of drug-likeness (QED) is 0.343. The number of carbonyl (C=O) groups is 3. The van der Waals surface area contributed by atoms with Gasteiger partial charge >= 0.3 is 5.97 Å². The van der Waals surface area contributed by atoms with E-state index in [1.54, 1.807) is 27.7 Å². The van der Waals surface area contributed by atoms with Gasteiger partial charge in [0.05, 0.1) is 18.2 Å². The number of ether oxygens (including phenoxy) is 2. The van der Waals surface area contributed by atoms with Crippen molar-refractivity contribution in [3.63, 3.8) is 0 Å². The number of hydrogen-bond acceptors (Lipinski definition) is 9. The Labute approximate surface area is 278 Å². The fourth-order valence-corrected chi connectivity index (χ4v) is 7.96. The number of ketones is 1. The number of hydrogen-bond donors (Lipinski definition) is 2. The molecule has 0 bridgehead atoms. The summed E-state index contributed by atoms with van der Waals surface area (Å²) in [5, 5.41) is 20.0. The van der Waals surface area contributed by atoms with Gasteiger partial charge in [-0.05, 0) is 117 Å². The Balaban J connectivity index is 0.000000549. The summed E-state index contributed by atoms with van der Waals surface area (Å²) >= 11 is 0. The van der Waals surface area contributed by atoms with Crippen LogP contribution in [0.15, 0.2) is 0 Å². The van der Waals surface area contributed by atoms with Gasteiger partial charge in [0, 0.05) is 38.0 Å². The Morgan fingerprint density at radius 2 is 1.57 bits per heavy atom. The minimum atomic E-state index is -1.26. The molecule has 0 spiro atoms. The molecule has 1 amide bonds. The minimum Gasteiger partial charge on any atom is -0.463 e. The number of Topliss-reactive ketones (excluding diaryl/α,β-unsaturated/α-hetero) is 1. The van der Waals surface area contributed by atoms with Crippen LogP contribution in [0.4, 0.5) is 0 Å². The van der Waals surface area contributed by atoms with Crippen molar-refractivity contribution in [1.82, 2.24) is 14.7 Å². The van der Waals surface area contributed by atoms with Crippen LogP contribution in [0.3, 0.4) is 0 Å². The Bertz CT molecular complexity index is 965. The average Bonchev–Trinajstić information content (AvgIpc) is 3.48. The number of nitrogens with zero attached hydrogens (tertiary/aromatic N) is 3. The van der Waals surface area contributed by atoms with Crippen LogP contribution in [0.1, 0.15) is 106 Å². The maximum Gasteiger partial charge on any atom is 0.319 e. The van der Waals surface area contributed by atoms with Crippen LogP contribution in [-0.4, -0.2) is 120 Å². The molecule has 0 aromatic rings. The van der Waals surface area contributed by atoms with Crippen LogP contribution in [0.2, 0.25) is 0 Å². The van der Waals surface area contributed by atoms with Gasteiger partial charge in [0.25, 0.3) is 0 Å². The van der Waals surface area contributed by atoms with E-state index in [9.17, 15) is 19.5 Å². The standard InChI is InChI=1S/C29H51N3O5.C7H14O2/c1-21-9-12-29(5,36)17-22(2)26(34)28(3,4)27(35)37-20-24(30(6)18-21)23-10-15-32(16-11-23)25(33)19-31-13-7-8-14-31;1-5-3-6(2)9-7(8)4-5/h21-24,36H,7-20H2,1-6H3;5-8H,3-4H2,1-2H3/t21?,22?,24-,29+;5-,6+,7+/m00/s1. The van der Waals surface area contributed by atoms with E-state index in [2.05, 4.69) is 30.7 Å². The van der Waals surface area contributed by atoms with E-state index in [0.29, 0.717) is 37.1 Å². The molecule has 10 nitrogen and oxygen atoms in total. The number of aliphatic hydroxyl groups is 2. The molecule has 4 aliphatic heterocycles. The summed E-state index contributed by atoms with van der Waals surface area (Å²) in [7, 11) is 2.09. The first-order valence-corrected chi connectivity index (χ1v) is 18.0. The smallest absolute Gasteiger partial charge is 0.319 e. The zero-order valence-corrected chi connectivity index (χ0v) is 30.1. The molecule has 2 unspecified atom stereocenters. The molecular weight excluding hydrogens is 586 g/mol. The van der Waals surface area contributed by atoms with Crippen LogP contribution in [0.25, 0.3) is 0 Å². The Morgan fingerprint density at radius 1 is 0.935 bits per heavy atom. The van der Waals surface area contributed by atoms with E-state index in [-0.39, 0.29) is 30.4 Å². The molecule has 46 heavy (non-hydrogen) atoms. The highest BCUT2D eigenvalue weighted by Gasteiger charge is 2.43. The molecule has 0 aliphatic carbocycles. The molecular formula is C36H65N3O7. The number of likely N-dealkylation sites (tertiary alicyclic amines) is 2. The van der Waals surface area contributed by atoms with Gasteiger partial charge in [-0.1, -0.05) is 20.8 Å². The SMILES string of the molecule is CC1CC[C@@](C)(O)CC(C)C(=O)C(C)(C)C(=O)OC[C@@H](C2CCN(C(=O)CN3CCCC3)CC2)N(C)C1.C[C@H]1C[C@@H](C)O[C@@H](O)C1. The van der Waals surface area contributed by atoms with Crippen molar-refractivity contribution in [2.45, 2.75) is 130 Å². The summed E-state index contributed by atoms with van der Waals surface area (Å²) in [6.07, 6.45) is 7.53. The van der Waals surface area contributed by atoms with Gasteiger partial charge in [-0.25, -0.2) is 0 Å². The van der Waals surface area contributed by atoms with Crippen molar-refractivity contribution in [1.29, 1.82) is 0 Å². The highest BCUT2D eigenvalue weighted by Crippen LogP contribution is 2.33. The number of rotatable bonds is 3. The molecule has 4 saturated heterocycles. The Kier molecular flexibility index (Phi) is 14.5. The van der Waals surface area contributed by atoms with Gasteiger partial charge in [-0.15, -0.1) is 0 Å². The van der Waals surface area contributed by atoms with Gasteiger partial charge < -0.3 is 24.6 Å². The lowest BCUT2D eigenvalue weighted by atomic mass is 9.76. The highest BCUT2D eigenvalue weighted by atomic mass is 16.6. The van der Waals surface area contributed by atoms with Crippen LogP contribution < -0.4 is 0 Å². The van der Waals surface area contributed by atoms with E-state index < -0.39 is 29.2 Å². The first-order chi connectivity index (χ1) is 21.5. The maximum absolute atomic E-state index is 13.2. The fraction of sp³-hybridized carbons (Fsp3) is 0.917. The van der Waals surface area contributed by atoms with Crippen LogP contribution in [0, 0.1) is 29.1 Å². The van der Waals surface area contributed by atoms with E-state index in [1.807, 2.05) is 11.8 Å². The predicted octanol–water partition coefficient (Wildman–Crippen LogP) is 4.11. The number of aliphatic hydroxyl groups excluding tert-OH is 1. The third-order valence-corrected chi connectivity index (χ3v) is 10.8. The van der Waals surface area contributed by atoms with Gasteiger partial charge in [-0.2, -0.15) is 0 Å². The van der Waals surface area contributed by atoms with E-state index in [4.69, 9.17) is 14.6 Å². The largest absolute Gasteiger partial charge is 0.463 e. The van der Waals surface area contributed by atoms with Crippen molar-refractivity contribution in [2.24, 2.45) is 29.1 Å². The second-order valence-corrected chi connectivity index (χ2v) is 16.0. The van der Waals surface area contributed by atoms with Gasteiger partial charge in [0.2, 0.25) is 5.91 Å². The molecule has 4 aliphatic rings. The summed E-state index contributed by atoms with van der Waals surface area (Å²) in [6, 6.07) is 0.0222. The molecule has 0 aromatic carbocycles. The third-order valence-electron chi connectivity index (χ3n) is 10.8. The molecule has 266 valence electrons. The summed E-state index contributed by atoms with van der Waals surface area (Å²) in [5.41, 5.74) is -2.22. The average molecular weight is 652 g/mol. The summed E-state index contributed by atoms with van der Waals surface area (Å²) in [5.74, 6) is 0.377. The molecule has 10 heteroatoms. The second-order valence-electron chi connectivity index (χ2n) is 16.0. The van der Waals surface area contributed by atoms with E-state index in [0.717, 1.165) is 64.8 Å². The number of piperidine rings is 1. The van der Waals surface area contributed by atoms with Crippen molar-refractivity contribution in [3.8, 4) is 0 Å². The summed E-state index contributed by atoms with van der Waals surface area (Å²) in [4.78, 5) is 45.7. The van der Waals surface area contributed by atoms with Crippen molar-refractivity contribution in [3.05, 3.63) is 0 Å². The zero-order valence-electron chi connectivity index (χ0n) is 30.1. The fourth-order valence-electron chi connectivity index (χ4n) is 7.96. The molecule has 0 radical (unpaired) electrons. The van der Waals surface area contributed by atoms with Crippen molar-refractivity contribution >= 4 is 17.7 Å².